The van der Waals surface area contributed by atoms with Crippen molar-refractivity contribution in [1.29, 1.82) is 0 Å². The van der Waals surface area contributed by atoms with Crippen molar-refractivity contribution in [3.05, 3.63) is 89.8 Å². The first kappa shape index (κ1) is 22.5. The van der Waals surface area contributed by atoms with Crippen LogP contribution in [0.4, 0.5) is 5.13 Å². The Morgan fingerprint density at radius 3 is 2.12 bits per heavy atom. The van der Waals surface area contributed by atoms with E-state index in [1.165, 1.54) is 39.9 Å². The monoisotopic (exact) mass is 489 g/mol. The Kier molecular flexibility index (Phi) is 6.28. The van der Waals surface area contributed by atoms with Gasteiger partial charge in [-0.15, -0.1) is 11.3 Å². The van der Waals surface area contributed by atoms with Crippen LogP contribution in [0.2, 0.25) is 0 Å². The van der Waals surface area contributed by atoms with Crippen LogP contribution < -0.4 is 5.32 Å². The molecule has 172 valence electrons. The number of amides is 1. The molecule has 1 fully saturated rings. The van der Waals surface area contributed by atoms with Gasteiger partial charge in [0, 0.05) is 29.6 Å². The van der Waals surface area contributed by atoms with Crippen LogP contribution in [-0.2, 0) is 10.0 Å². The van der Waals surface area contributed by atoms with Crippen LogP contribution in [0.1, 0.15) is 23.2 Å². The molecule has 1 aliphatic heterocycles. The quantitative estimate of drug-likeness (QED) is 0.387. The van der Waals surface area contributed by atoms with E-state index in [0.29, 0.717) is 23.8 Å². The van der Waals surface area contributed by atoms with E-state index < -0.39 is 10.0 Å². The fourth-order valence-electron chi connectivity index (χ4n) is 3.95. The molecule has 1 saturated heterocycles. The number of thiazole rings is 1. The molecule has 3 aromatic carbocycles. The van der Waals surface area contributed by atoms with Gasteiger partial charge in [0.2, 0.25) is 10.0 Å². The Bertz CT molecular complexity index is 1390. The third-order valence-electron chi connectivity index (χ3n) is 5.83. The van der Waals surface area contributed by atoms with Gasteiger partial charge >= 0.3 is 0 Å². The topological polar surface area (TPSA) is 79.4 Å². The second-order valence-corrected chi connectivity index (χ2v) is 10.9. The minimum absolute atomic E-state index is 0.210. The van der Waals surface area contributed by atoms with Crippen molar-refractivity contribution in [2.24, 2.45) is 0 Å². The van der Waals surface area contributed by atoms with Crippen molar-refractivity contribution >= 4 is 32.4 Å². The predicted molar refractivity (Wildman–Crippen MR) is 135 cm³/mol. The van der Waals surface area contributed by atoms with Crippen LogP contribution in [-0.4, -0.2) is 36.7 Å². The number of carbonyl (C=O) groups excluding carboxylic acids is 1. The van der Waals surface area contributed by atoms with E-state index in [1.807, 2.05) is 35.7 Å². The highest BCUT2D eigenvalue weighted by Gasteiger charge is 2.27. The summed E-state index contributed by atoms with van der Waals surface area (Å²) in [5, 5.41) is 5.20. The van der Waals surface area contributed by atoms with Gasteiger partial charge in [-0.25, -0.2) is 13.4 Å². The van der Waals surface area contributed by atoms with Gasteiger partial charge < -0.3 is 0 Å². The van der Waals surface area contributed by atoms with Gasteiger partial charge in [-0.2, -0.15) is 4.31 Å². The first-order chi connectivity index (χ1) is 16.5. The third kappa shape index (κ3) is 4.65. The molecule has 34 heavy (non-hydrogen) atoms. The summed E-state index contributed by atoms with van der Waals surface area (Å²) < 4.78 is 26.8. The molecule has 2 heterocycles. The van der Waals surface area contributed by atoms with Crippen molar-refractivity contribution in [3.8, 4) is 22.4 Å². The number of hydrogen-bond acceptors (Lipinski definition) is 5. The number of anilines is 1. The molecule has 1 aromatic heterocycles. The molecule has 0 spiro atoms. The van der Waals surface area contributed by atoms with Crippen LogP contribution in [0.5, 0.6) is 0 Å². The second kappa shape index (κ2) is 9.50. The van der Waals surface area contributed by atoms with Gasteiger partial charge in [-0.3, -0.25) is 10.1 Å². The number of aromatic nitrogens is 1. The summed E-state index contributed by atoms with van der Waals surface area (Å²) in [5.74, 6) is -0.328. The molecule has 0 atom stereocenters. The Hall–Kier alpha value is -3.33. The predicted octanol–water partition coefficient (Wildman–Crippen LogP) is 5.51. The molecule has 0 bridgehead atoms. The number of sulfonamides is 1. The summed E-state index contributed by atoms with van der Waals surface area (Å²) in [6, 6.07) is 24.4. The normalized spacial score (nSPS) is 14.2. The van der Waals surface area contributed by atoms with Crippen molar-refractivity contribution in [1.82, 2.24) is 9.29 Å². The largest absolute Gasteiger partial charge is 0.298 e. The molecule has 1 N–H and O–H groups in total. The average Bonchev–Trinajstić information content (AvgIpc) is 3.58. The number of carbonyl (C=O) groups is 1. The van der Waals surface area contributed by atoms with Gasteiger partial charge in [0.1, 0.15) is 0 Å². The molecule has 0 radical (unpaired) electrons. The van der Waals surface area contributed by atoms with E-state index in [4.69, 9.17) is 0 Å². The molecule has 0 saturated carbocycles. The molecular formula is C26H23N3O3S2. The van der Waals surface area contributed by atoms with Gasteiger partial charge in [0.05, 0.1) is 10.6 Å². The number of hydrogen-bond donors (Lipinski definition) is 1. The molecule has 5 rings (SSSR count). The van der Waals surface area contributed by atoms with Crippen LogP contribution in [0.3, 0.4) is 0 Å². The lowest BCUT2D eigenvalue weighted by atomic mass is 10.0. The third-order valence-corrected chi connectivity index (χ3v) is 8.50. The number of benzene rings is 3. The first-order valence-corrected chi connectivity index (χ1v) is 13.4. The zero-order valence-corrected chi connectivity index (χ0v) is 20.0. The molecule has 6 nitrogen and oxygen atoms in total. The second-order valence-electron chi connectivity index (χ2n) is 8.07. The number of rotatable bonds is 6. The fourth-order valence-corrected chi connectivity index (χ4v) is 6.18. The molecule has 1 aliphatic rings. The minimum Gasteiger partial charge on any atom is -0.298 e. The van der Waals surface area contributed by atoms with E-state index in [0.717, 1.165) is 35.2 Å². The van der Waals surface area contributed by atoms with E-state index in [1.54, 1.807) is 0 Å². The Labute approximate surface area is 203 Å². The Morgan fingerprint density at radius 2 is 1.44 bits per heavy atom. The van der Waals surface area contributed by atoms with Gasteiger partial charge in [0.25, 0.3) is 5.91 Å². The van der Waals surface area contributed by atoms with Crippen LogP contribution in [0, 0.1) is 0 Å². The van der Waals surface area contributed by atoms with E-state index in [9.17, 15) is 13.2 Å². The SMILES string of the molecule is O=C(Nc1nc(-c2ccc(-c3ccccc3)cc2)cs1)c1ccc(S(=O)(=O)N2CCCC2)cc1. The lowest BCUT2D eigenvalue weighted by Crippen LogP contribution is -2.27. The summed E-state index contributed by atoms with van der Waals surface area (Å²) in [6.07, 6.45) is 1.76. The molecule has 1 amide bonds. The number of nitrogens with zero attached hydrogens (tertiary/aromatic N) is 2. The van der Waals surface area contributed by atoms with Crippen LogP contribution in [0.25, 0.3) is 22.4 Å². The zero-order chi connectivity index (χ0) is 23.5. The minimum atomic E-state index is -3.50. The highest BCUT2D eigenvalue weighted by molar-refractivity contribution is 7.89. The highest BCUT2D eigenvalue weighted by Crippen LogP contribution is 2.28. The molecule has 0 unspecified atom stereocenters. The van der Waals surface area contributed by atoms with E-state index in [-0.39, 0.29) is 10.8 Å². The standard InChI is InChI=1S/C26H23N3O3S2/c30-25(22-12-14-23(15-13-22)34(31,32)29-16-4-5-17-29)28-26-27-24(18-33-26)21-10-8-20(9-11-21)19-6-2-1-3-7-19/h1-3,6-15,18H,4-5,16-17H2,(H,27,28,30). The Balaban J connectivity index is 1.26. The molecule has 0 aliphatic carbocycles. The molecule has 8 heteroatoms. The van der Waals surface area contributed by atoms with Crippen molar-refractivity contribution in [2.45, 2.75) is 17.7 Å². The average molecular weight is 490 g/mol. The lowest BCUT2D eigenvalue weighted by Gasteiger charge is -2.15. The van der Waals surface area contributed by atoms with Crippen molar-refractivity contribution < 1.29 is 13.2 Å². The van der Waals surface area contributed by atoms with Gasteiger partial charge in [0.15, 0.2) is 5.13 Å². The van der Waals surface area contributed by atoms with E-state index >= 15 is 0 Å². The van der Waals surface area contributed by atoms with E-state index in [2.05, 4.69) is 34.6 Å². The fraction of sp³-hybridized carbons (Fsp3) is 0.154. The Morgan fingerprint density at radius 1 is 0.824 bits per heavy atom. The summed E-state index contributed by atoms with van der Waals surface area (Å²) in [7, 11) is -3.50. The summed E-state index contributed by atoms with van der Waals surface area (Å²) >= 11 is 1.35. The maximum Gasteiger partial charge on any atom is 0.257 e. The van der Waals surface area contributed by atoms with Crippen LogP contribution in [0.15, 0.2) is 89.1 Å². The lowest BCUT2D eigenvalue weighted by molar-refractivity contribution is 0.102. The highest BCUT2D eigenvalue weighted by atomic mass is 32.2. The maximum atomic E-state index is 12.7. The summed E-state index contributed by atoms with van der Waals surface area (Å²) in [5.41, 5.74) is 4.41. The molecule has 4 aromatic rings. The van der Waals surface area contributed by atoms with Crippen molar-refractivity contribution in [3.63, 3.8) is 0 Å². The van der Waals surface area contributed by atoms with Crippen LogP contribution >= 0.6 is 11.3 Å². The molecular weight excluding hydrogens is 466 g/mol. The smallest absolute Gasteiger partial charge is 0.257 e. The van der Waals surface area contributed by atoms with Gasteiger partial charge in [-0.1, -0.05) is 54.6 Å². The summed E-state index contributed by atoms with van der Waals surface area (Å²) in [6.45, 7) is 1.10. The zero-order valence-electron chi connectivity index (χ0n) is 18.3. The first-order valence-electron chi connectivity index (χ1n) is 11.0. The van der Waals surface area contributed by atoms with Crippen molar-refractivity contribution in [2.75, 3.05) is 18.4 Å². The number of nitrogens with one attached hydrogen (secondary N) is 1. The maximum absolute atomic E-state index is 12.7. The van der Waals surface area contributed by atoms with Gasteiger partial charge in [-0.05, 0) is 48.2 Å². The summed E-state index contributed by atoms with van der Waals surface area (Å²) in [4.78, 5) is 17.4.